The zero-order valence-corrected chi connectivity index (χ0v) is 34.7. The number of benzene rings is 2. The van der Waals surface area contributed by atoms with Crippen LogP contribution in [0.25, 0.3) is 0 Å². The lowest BCUT2D eigenvalue weighted by Gasteiger charge is -2.22. The number of rotatable bonds is 30. The summed E-state index contributed by atoms with van der Waals surface area (Å²) >= 11 is 0. The first-order valence-electron chi connectivity index (χ1n) is 21.1. The van der Waals surface area contributed by atoms with Crippen molar-refractivity contribution in [2.75, 3.05) is 17.7 Å². The minimum atomic E-state index is -1.47. The molecule has 0 radical (unpaired) electrons. The number of ether oxygens (including phenoxy) is 1. The van der Waals surface area contributed by atoms with Crippen LogP contribution in [-0.2, 0) is 28.7 Å². The second-order valence-corrected chi connectivity index (χ2v) is 14.6. The van der Waals surface area contributed by atoms with Gasteiger partial charge in [-0.05, 0) is 43.5 Å². The van der Waals surface area contributed by atoms with Gasteiger partial charge in [0.25, 0.3) is 0 Å². The highest BCUT2D eigenvalue weighted by Gasteiger charge is 2.32. The van der Waals surface area contributed by atoms with Crippen LogP contribution in [0.2, 0.25) is 0 Å². The average molecular weight is 791 g/mol. The van der Waals surface area contributed by atoms with Gasteiger partial charge in [-0.1, -0.05) is 122 Å². The zero-order chi connectivity index (χ0) is 41.8. The molecule has 314 valence electrons. The Kier molecular flexibility index (Phi) is 24.2. The number of carbonyl (C=O) groups excluding carboxylic acids is 7. The Balaban J connectivity index is 2.15. The Bertz CT molecular complexity index is 1590. The number of anilines is 2. The van der Waals surface area contributed by atoms with Crippen molar-refractivity contribution in [2.24, 2.45) is 0 Å². The van der Waals surface area contributed by atoms with Gasteiger partial charge in [0.05, 0.1) is 18.5 Å². The molecule has 2 atom stereocenters. The molecule has 4 amide bonds. The van der Waals surface area contributed by atoms with Crippen LogP contribution in [0, 0.1) is 0 Å². The van der Waals surface area contributed by atoms with E-state index in [0.29, 0.717) is 19.3 Å². The third-order valence-electron chi connectivity index (χ3n) is 9.70. The van der Waals surface area contributed by atoms with E-state index in [0.717, 1.165) is 32.8 Å². The molecule has 0 saturated carbocycles. The molecule has 0 aliphatic heterocycles. The number of unbranched alkanes of at least 4 members (excludes halogenated alkanes) is 12. The summed E-state index contributed by atoms with van der Waals surface area (Å²) in [4.78, 5) is 92.1. The van der Waals surface area contributed by atoms with Gasteiger partial charge >= 0.3 is 5.97 Å². The Morgan fingerprint density at radius 1 is 0.491 bits per heavy atom. The van der Waals surface area contributed by atoms with Gasteiger partial charge in [0, 0.05) is 43.2 Å². The molecule has 57 heavy (non-hydrogen) atoms. The molecule has 0 aromatic heterocycles. The number of Topliss-reactive ketones (excluding diaryl/α,β-unsaturated/α-hetero) is 2. The number of ketones is 2. The van der Waals surface area contributed by atoms with E-state index < -0.39 is 54.3 Å². The van der Waals surface area contributed by atoms with Crippen molar-refractivity contribution >= 4 is 52.5 Å². The lowest BCUT2D eigenvalue weighted by molar-refractivity contribution is -0.145. The Morgan fingerprint density at radius 2 is 0.912 bits per heavy atom. The summed E-state index contributed by atoms with van der Waals surface area (Å²) in [6.45, 7) is 5.94. The molecule has 2 aromatic rings. The largest absolute Gasteiger partial charge is 0.467 e. The van der Waals surface area contributed by atoms with Crippen molar-refractivity contribution in [1.29, 1.82) is 0 Å². The third kappa shape index (κ3) is 19.2. The van der Waals surface area contributed by atoms with E-state index in [1.807, 2.05) is 13.8 Å². The summed E-state index contributed by atoms with van der Waals surface area (Å²) in [7, 11) is 1.12. The fourth-order valence-corrected chi connectivity index (χ4v) is 6.53. The number of hydrogen-bond acceptors (Lipinski definition) is 8. The lowest BCUT2D eigenvalue weighted by Crippen LogP contribution is -2.53. The molecule has 2 unspecified atom stereocenters. The van der Waals surface area contributed by atoms with Crippen molar-refractivity contribution in [3.8, 4) is 0 Å². The van der Waals surface area contributed by atoms with E-state index in [4.69, 9.17) is 4.74 Å². The number of para-hydroxylation sites is 2. The number of nitrogens with one attached hydrogen (secondary N) is 4. The Hall–Kier alpha value is -4.87. The van der Waals surface area contributed by atoms with Gasteiger partial charge in [-0.2, -0.15) is 0 Å². The maximum Gasteiger partial charge on any atom is 0.328 e. The molecular weight excluding hydrogens is 725 g/mol. The maximum atomic E-state index is 13.9. The molecule has 4 N–H and O–H groups in total. The van der Waals surface area contributed by atoms with Gasteiger partial charge in [-0.15, -0.1) is 0 Å². The summed E-state index contributed by atoms with van der Waals surface area (Å²) in [5, 5.41) is 10.7. The second-order valence-electron chi connectivity index (χ2n) is 14.6. The van der Waals surface area contributed by atoms with Gasteiger partial charge in [0.15, 0.2) is 11.6 Å². The topological polar surface area (TPSA) is 177 Å². The highest BCUT2D eigenvalue weighted by molar-refractivity contribution is 6.08. The third-order valence-corrected chi connectivity index (χ3v) is 9.70. The van der Waals surface area contributed by atoms with E-state index in [9.17, 15) is 33.6 Å². The standard InChI is InChI=1S/C45H66N4O8/c1-5-8-9-10-11-12-13-14-15-16-17-18-19-30-43(54)48-37(31-39(50)33-26-20-22-28-35(33)46-41(52)24-6-2)44(55)49-38(45(56)57-4)32-40(51)34-27-21-23-29-36(34)47-42(53)25-7-3/h20-23,26-29,37-38H,5-19,24-25,30-32H2,1-4H3,(H,46,52)(H,47,53)(H,48,54)(H,49,55). The molecule has 12 nitrogen and oxygen atoms in total. The first-order valence-corrected chi connectivity index (χ1v) is 21.1. The molecule has 2 rings (SSSR count). The fourth-order valence-electron chi connectivity index (χ4n) is 6.53. The minimum absolute atomic E-state index is 0.138. The van der Waals surface area contributed by atoms with Crippen molar-refractivity contribution in [3.63, 3.8) is 0 Å². The van der Waals surface area contributed by atoms with E-state index in [1.165, 1.54) is 63.5 Å². The van der Waals surface area contributed by atoms with Gasteiger partial charge in [-0.3, -0.25) is 28.8 Å². The summed E-state index contributed by atoms with van der Waals surface area (Å²) in [5.41, 5.74) is 0.849. The van der Waals surface area contributed by atoms with Crippen molar-refractivity contribution in [3.05, 3.63) is 59.7 Å². The van der Waals surface area contributed by atoms with E-state index in [1.54, 1.807) is 36.4 Å². The summed E-state index contributed by atoms with van der Waals surface area (Å²) < 4.78 is 4.92. The van der Waals surface area contributed by atoms with E-state index in [-0.39, 0.29) is 53.6 Å². The SMILES string of the molecule is CCCCCCCCCCCCCCCC(=O)NC(CC(=O)c1ccccc1NC(=O)CCC)C(=O)NC(CC(=O)c1ccccc1NC(=O)CCC)C(=O)OC. The molecule has 0 saturated heterocycles. The maximum absolute atomic E-state index is 13.9. The minimum Gasteiger partial charge on any atom is -0.467 e. The van der Waals surface area contributed by atoms with Crippen LogP contribution in [-0.4, -0.2) is 60.4 Å². The Morgan fingerprint density at radius 3 is 1.35 bits per heavy atom. The van der Waals surface area contributed by atoms with Crippen LogP contribution in [0.15, 0.2) is 48.5 Å². The average Bonchev–Trinajstić information content (AvgIpc) is 3.19. The molecule has 0 bridgehead atoms. The van der Waals surface area contributed by atoms with Crippen molar-refractivity contribution in [1.82, 2.24) is 10.6 Å². The number of methoxy groups -OCH3 is 1. The zero-order valence-electron chi connectivity index (χ0n) is 34.7. The quantitative estimate of drug-likeness (QED) is 0.0345. The predicted octanol–water partition coefficient (Wildman–Crippen LogP) is 8.63. The predicted molar refractivity (Wildman–Crippen MR) is 224 cm³/mol. The van der Waals surface area contributed by atoms with Crippen molar-refractivity contribution < 1.29 is 38.3 Å². The highest BCUT2D eigenvalue weighted by Crippen LogP contribution is 2.21. The van der Waals surface area contributed by atoms with Crippen LogP contribution in [0.1, 0.15) is 170 Å². The van der Waals surface area contributed by atoms with E-state index >= 15 is 0 Å². The molecule has 0 aliphatic rings. The highest BCUT2D eigenvalue weighted by atomic mass is 16.5. The van der Waals surface area contributed by atoms with Crippen LogP contribution >= 0.6 is 0 Å². The smallest absolute Gasteiger partial charge is 0.328 e. The Labute approximate surface area is 339 Å². The second kappa shape index (κ2) is 28.5. The molecule has 0 heterocycles. The number of hydrogen-bond donors (Lipinski definition) is 4. The van der Waals surface area contributed by atoms with Gasteiger partial charge in [-0.25, -0.2) is 4.79 Å². The summed E-state index contributed by atoms with van der Waals surface area (Å²) in [6, 6.07) is 9.90. The van der Waals surface area contributed by atoms with Gasteiger partial charge in [0.1, 0.15) is 12.1 Å². The number of amides is 4. The molecule has 12 heteroatoms. The molecule has 0 fully saturated rings. The molecule has 0 aliphatic carbocycles. The van der Waals surface area contributed by atoms with Crippen LogP contribution in [0.4, 0.5) is 11.4 Å². The lowest BCUT2D eigenvalue weighted by atomic mass is 9.99. The van der Waals surface area contributed by atoms with Crippen LogP contribution in [0.5, 0.6) is 0 Å². The van der Waals surface area contributed by atoms with Crippen molar-refractivity contribution in [2.45, 2.75) is 161 Å². The van der Waals surface area contributed by atoms with E-state index in [2.05, 4.69) is 28.2 Å². The molecule has 0 spiro atoms. The monoisotopic (exact) mass is 790 g/mol. The van der Waals surface area contributed by atoms with Crippen LogP contribution < -0.4 is 21.3 Å². The first-order chi connectivity index (χ1) is 27.5. The normalized spacial score (nSPS) is 11.9. The van der Waals surface area contributed by atoms with Crippen LogP contribution in [0.3, 0.4) is 0 Å². The van der Waals surface area contributed by atoms with Gasteiger partial charge in [0.2, 0.25) is 23.6 Å². The fraction of sp³-hybridized carbons (Fsp3) is 0.578. The summed E-state index contributed by atoms with van der Waals surface area (Å²) in [5.74, 6) is -3.81. The number of esters is 1. The number of carbonyl (C=O) groups is 7. The summed E-state index contributed by atoms with van der Waals surface area (Å²) in [6.07, 6.45) is 15.8. The molecular formula is C45H66N4O8. The molecule has 2 aromatic carbocycles. The first kappa shape index (κ1) is 48.3. The van der Waals surface area contributed by atoms with Gasteiger partial charge < -0.3 is 26.0 Å².